The van der Waals surface area contributed by atoms with Gasteiger partial charge < -0.3 is 21.3 Å². The number of hydrogen-bond acceptors (Lipinski definition) is 4. The summed E-state index contributed by atoms with van der Waals surface area (Å²) in [4.78, 5) is 34.2. The third-order valence-corrected chi connectivity index (χ3v) is 3.39. The highest BCUT2D eigenvalue weighted by atomic mass is 32.2. The average Bonchev–Trinajstić information content (AvgIpc) is 2.53. The van der Waals surface area contributed by atoms with E-state index in [1.165, 1.54) is 0 Å². The highest BCUT2D eigenvalue weighted by molar-refractivity contribution is 8.13. The van der Waals surface area contributed by atoms with Crippen molar-refractivity contribution in [3.8, 4) is 0 Å². The van der Waals surface area contributed by atoms with Gasteiger partial charge in [-0.1, -0.05) is 36.9 Å². The highest BCUT2D eigenvalue weighted by Crippen LogP contribution is 2.03. The van der Waals surface area contributed by atoms with Gasteiger partial charge in [-0.2, -0.15) is 0 Å². The number of allylic oxidation sites excluding steroid dienone is 1. The molecular weight excluding hydrogens is 316 g/mol. The van der Waals surface area contributed by atoms with Crippen LogP contribution in [0.4, 0.5) is 9.59 Å². The van der Waals surface area contributed by atoms with Gasteiger partial charge in [-0.15, -0.1) is 6.58 Å². The number of urea groups is 2. The summed E-state index contributed by atoms with van der Waals surface area (Å²) in [6.07, 6.45) is 6.61. The molecule has 0 unspecified atom stereocenters. The van der Waals surface area contributed by atoms with E-state index < -0.39 is 0 Å². The number of hydrogen-bond donors (Lipinski definition) is 4. The number of nitrogens with one attached hydrogen (secondary N) is 4. The van der Waals surface area contributed by atoms with Crippen LogP contribution in [0.25, 0.3) is 0 Å². The Balaban J connectivity index is 3.53. The minimum absolute atomic E-state index is 0.0236. The Morgan fingerprint density at radius 1 is 0.957 bits per heavy atom. The Morgan fingerprint density at radius 2 is 1.61 bits per heavy atom. The van der Waals surface area contributed by atoms with Crippen molar-refractivity contribution in [1.82, 2.24) is 21.3 Å². The third kappa shape index (κ3) is 14.7. The third-order valence-electron chi connectivity index (χ3n) is 2.46. The summed E-state index contributed by atoms with van der Waals surface area (Å²) in [5.41, 5.74) is 0. The van der Waals surface area contributed by atoms with Crippen LogP contribution in [-0.4, -0.2) is 49.1 Å². The van der Waals surface area contributed by atoms with Crippen molar-refractivity contribution < 1.29 is 14.4 Å². The van der Waals surface area contributed by atoms with Gasteiger partial charge in [-0.25, -0.2) is 9.59 Å². The van der Waals surface area contributed by atoms with Gasteiger partial charge in [0.2, 0.25) is 0 Å². The van der Waals surface area contributed by atoms with E-state index in [1.54, 1.807) is 6.08 Å². The first-order chi connectivity index (χ1) is 11.1. The summed E-state index contributed by atoms with van der Waals surface area (Å²) in [6, 6.07) is -0.572. The highest BCUT2D eigenvalue weighted by Gasteiger charge is 2.05. The lowest BCUT2D eigenvalue weighted by molar-refractivity contribution is -0.110. The van der Waals surface area contributed by atoms with E-state index in [0.717, 1.165) is 18.2 Å². The Hall–Kier alpha value is -1.96. The smallest absolute Gasteiger partial charge is 0.315 e. The first-order valence-corrected chi connectivity index (χ1v) is 8.53. The fourth-order valence-corrected chi connectivity index (χ4v) is 2.05. The van der Waals surface area contributed by atoms with Crippen LogP contribution in [0.15, 0.2) is 24.8 Å². The molecule has 23 heavy (non-hydrogen) atoms. The normalized spacial score (nSPS) is 10.1. The van der Waals surface area contributed by atoms with E-state index >= 15 is 0 Å². The monoisotopic (exact) mass is 342 g/mol. The number of carbonyl (C=O) groups is 3. The van der Waals surface area contributed by atoms with Crippen molar-refractivity contribution in [2.45, 2.75) is 19.8 Å². The summed E-state index contributed by atoms with van der Waals surface area (Å²) in [5, 5.41) is 10.4. The minimum atomic E-state index is -0.288. The Labute approximate surface area is 141 Å². The largest absolute Gasteiger partial charge is 0.338 e. The molecular formula is C15H26N4O3S. The van der Waals surface area contributed by atoms with Crippen LogP contribution in [0.3, 0.4) is 0 Å². The molecule has 0 aliphatic carbocycles. The quantitative estimate of drug-likeness (QED) is 0.337. The van der Waals surface area contributed by atoms with E-state index in [4.69, 9.17) is 0 Å². The van der Waals surface area contributed by atoms with Crippen LogP contribution in [0.1, 0.15) is 19.8 Å². The summed E-state index contributed by atoms with van der Waals surface area (Å²) in [6.45, 7) is 7.08. The van der Waals surface area contributed by atoms with Crippen LogP contribution in [0.2, 0.25) is 0 Å². The fourth-order valence-electron chi connectivity index (χ4n) is 1.37. The molecule has 0 bridgehead atoms. The molecule has 0 saturated heterocycles. The number of carbonyl (C=O) groups excluding carboxylic acids is 3. The van der Waals surface area contributed by atoms with E-state index in [2.05, 4.69) is 27.8 Å². The van der Waals surface area contributed by atoms with Crippen molar-refractivity contribution >= 4 is 28.9 Å². The summed E-state index contributed by atoms with van der Waals surface area (Å²) < 4.78 is 0. The summed E-state index contributed by atoms with van der Waals surface area (Å²) in [5.74, 6) is 0.494. The molecule has 7 nitrogen and oxygen atoms in total. The lowest BCUT2D eigenvalue weighted by atomic mass is 10.4. The van der Waals surface area contributed by atoms with Crippen LogP contribution < -0.4 is 21.3 Å². The minimum Gasteiger partial charge on any atom is -0.338 e. The SMILES string of the molecule is C=CCNC(=O)NCCSC(=O)CCNC(=O)NC/C=C/CC. The standard InChI is InChI=1S/C15H26N4O3S/c1-3-5-6-9-17-15(22)18-10-7-13(20)23-12-11-19-14(21)16-8-4-2/h4-6H,2-3,7-12H2,1H3,(H2,16,19,21)(H2,17,18,22)/b6-5+. The van der Waals surface area contributed by atoms with Crippen molar-refractivity contribution in [2.75, 3.05) is 31.9 Å². The Bertz CT molecular complexity index is 414. The number of thioether (sulfide) groups is 1. The van der Waals surface area contributed by atoms with Crippen LogP contribution >= 0.6 is 11.8 Å². The first kappa shape index (κ1) is 21.0. The van der Waals surface area contributed by atoms with Gasteiger partial charge >= 0.3 is 12.1 Å². The maximum Gasteiger partial charge on any atom is 0.315 e. The maximum atomic E-state index is 11.6. The second-order valence-electron chi connectivity index (χ2n) is 4.41. The van der Waals surface area contributed by atoms with E-state index in [0.29, 0.717) is 31.9 Å². The van der Waals surface area contributed by atoms with Crippen molar-refractivity contribution in [2.24, 2.45) is 0 Å². The molecule has 0 heterocycles. The van der Waals surface area contributed by atoms with Crippen LogP contribution in [0, 0.1) is 0 Å². The molecule has 0 aliphatic rings. The number of rotatable bonds is 11. The second-order valence-corrected chi connectivity index (χ2v) is 5.56. The summed E-state index contributed by atoms with van der Waals surface area (Å²) >= 11 is 1.13. The molecule has 0 aromatic rings. The molecule has 8 heteroatoms. The van der Waals surface area contributed by atoms with Gasteiger partial charge in [0.1, 0.15) is 0 Å². The average molecular weight is 342 g/mol. The van der Waals surface area contributed by atoms with Crippen molar-refractivity contribution in [3.63, 3.8) is 0 Å². The molecule has 0 aliphatic heterocycles. The van der Waals surface area contributed by atoms with E-state index in [9.17, 15) is 14.4 Å². The fraction of sp³-hybridized carbons (Fsp3) is 0.533. The Kier molecular flexibility index (Phi) is 13.7. The zero-order chi connectivity index (χ0) is 17.3. The van der Waals surface area contributed by atoms with Gasteiger partial charge in [0.15, 0.2) is 5.12 Å². The topological polar surface area (TPSA) is 99.3 Å². The lowest BCUT2D eigenvalue weighted by Gasteiger charge is -2.06. The van der Waals surface area contributed by atoms with Gasteiger partial charge in [0, 0.05) is 38.4 Å². The lowest BCUT2D eigenvalue weighted by Crippen LogP contribution is -2.37. The zero-order valence-electron chi connectivity index (χ0n) is 13.5. The van der Waals surface area contributed by atoms with Gasteiger partial charge in [-0.3, -0.25) is 4.79 Å². The Morgan fingerprint density at radius 3 is 2.26 bits per heavy atom. The molecule has 0 fully saturated rings. The number of amides is 4. The van der Waals surface area contributed by atoms with Crippen molar-refractivity contribution in [1.29, 1.82) is 0 Å². The molecule has 0 radical (unpaired) electrons. The first-order valence-electron chi connectivity index (χ1n) is 7.55. The van der Waals surface area contributed by atoms with Crippen LogP contribution in [0.5, 0.6) is 0 Å². The molecule has 0 aromatic carbocycles. The summed E-state index contributed by atoms with van der Waals surface area (Å²) in [7, 11) is 0. The predicted octanol–water partition coefficient (Wildman–Crippen LogP) is 1.39. The predicted molar refractivity (Wildman–Crippen MR) is 94.5 cm³/mol. The van der Waals surface area contributed by atoms with Crippen LogP contribution in [-0.2, 0) is 4.79 Å². The molecule has 0 spiro atoms. The molecule has 0 saturated carbocycles. The van der Waals surface area contributed by atoms with Crippen molar-refractivity contribution in [3.05, 3.63) is 24.8 Å². The molecule has 130 valence electrons. The molecule has 4 N–H and O–H groups in total. The molecule has 0 aromatic heterocycles. The van der Waals surface area contributed by atoms with Gasteiger partial charge in [-0.05, 0) is 6.42 Å². The maximum absolute atomic E-state index is 11.6. The zero-order valence-corrected chi connectivity index (χ0v) is 14.3. The van der Waals surface area contributed by atoms with Gasteiger partial charge in [0.05, 0.1) is 0 Å². The molecule has 0 atom stereocenters. The second kappa shape index (κ2) is 15.0. The van der Waals surface area contributed by atoms with E-state index in [-0.39, 0.29) is 23.6 Å². The van der Waals surface area contributed by atoms with Gasteiger partial charge in [0.25, 0.3) is 0 Å². The van der Waals surface area contributed by atoms with E-state index in [1.807, 2.05) is 19.1 Å². The molecule has 0 rings (SSSR count). The molecule has 4 amide bonds.